The van der Waals surface area contributed by atoms with E-state index in [0.717, 1.165) is 45.8 Å². The molecule has 4 rings (SSSR count). The van der Waals surface area contributed by atoms with E-state index in [4.69, 9.17) is 14.2 Å². The van der Waals surface area contributed by atoms with Gasteiger partial charge in [-0.15, -0.1) is 0 Å². The molecule has 4 fully saturated rings. The molecule has 0 aromatic rings. The van der Waals surface area contributed by atoms with Gasteiger partial charge in [0.25, 0.3) is 0 Å². The summed E-state index contributed by atoms with van der Waals surface area (Å²) < 4.78 is 18.2. The fraction of sp³-hybridized carbons (Fsp3) is 0.929. The van der Waals surface area contributed by atoms with Gasteiger partial charge in [-0.25, -0.2) is 0 Å². The topological polar surface area (TPSA) is 83.6 Å². The summed E-state index contributed by atoms with van der Waals surface area (Å²) in [5.74, 6) is 0.661. The Morgan fingerprint density at radius 3 is 2.38 bits per heavy atom. The number of nitrogens with zero attached hydrogens (tertiary/aromatic N) is 3. The first-order chi connectivity index (χ1) is 17.7. The van der Waals surface area contributed by atoms with Crippen molar-refractivity contribution in [1.29, 1.82) is 0 Å². The lowest BCUT2D eigenvalue weighted by Gasteiger charge is -2.49. The minimum atomic E-state index is -0.599. The Morgan fingerprint density at radius 1 is 1.05 bits per heavy atom. The molecular weight excluding hydrogens is 472 g/mol. The van der Waals surface area contributed by atoms with Crippen LogP contribution in [0.15, 0.2) is 0 Å². The zero-order valence-electron chi connectivity index (χ0n) is 23.7. The van der Waals surface area contributed by atoms with Crippen molar-refractivity contribution in [2.24, 2.45) is 17.8 Å². The number of carbonyl (C=O) groups excluding carboxylic acids is 2. The molecule has 212 valence electrons. The quantitative estimate of drug-likeness (QED) is 0.522. The van der Waals surface area contributed by atoms with E-state index >= 15 is 0 Å². The van der Waals surface area contributed by atoms with Crippen LogP contribution < -0.4 is 5.32 Å². The van der Waals surface area contributed by atoms with Crippen molar-refractivity contribution in [3.8, 4) is 0 Å². The van der Waals surface area contributed by atoms with Gasteiger partial charge in [0.2, 0.25) is 11.8 Å². The van der Waals surface area contributed by atoms with E-state index in [1.54, 1.807) is 0 Å². The Labute approximate surface area is 223 Å². The number of likely N-dealkylation sites (tertiary alicyclic amines) is 1. The number of hydrogen-bond acceptors (Lipinski definition) is 7. The first-order valence-corrected chi connectivity index (χ1v) is 14.6. The lowest BCUT2D eigenvalue weighted by molar-refractivity contribution is -0.303. The molecule has 4 aliphatic heterocycles. The van der Waals surface area contributed by atoms with Crippen molar-refractivity contribution in [3.63, 3.8) is 0 Å². The second-order valence-corrected chi connectivity index (χ2v) is 12.5. The molecule has 0 aromatic heterocycles. The molecule has 0 aromatic carbocycles. The minimum absolute atomic E-state index is 0.00353. The number of carbonyl (C=O) groups is 2. The van der Waals surface area contributed by atoms with Crippen LogP contribution >= 0.6 is 0 Å². The van der Waals surface area contributed by atoms with Crippen molar-refractivity contribution in [2.45, 2.75) is 84.2 Å². The summed E-state index contributed by atoms with van der Waals surface area (Å²) in [6.45, 7) is 18.5. The second kappa shape index (κ2) is 12.7. The Hall–Kier alpha value is -1.26. The van der Waals surface area contributed by atoms with Crippen LogP contribution in [0.4, 0.5) is 0 Å². The van der Waals surface area contributed by atoms with E-state index in [9.17, 15) is 9.59 Å². The molecule has 1 N–H and O–H groups in total. The maximum Gasteiger partial charge on any atom is 0.245 e. The average Bonchev–Trinajstić information content (AvgIpc) is 2.86. The molecular formula is C28H50N4O5. The number of rotatable bonds is 8. The van der Waals surface area contributed by atoms with Crippen LogP contribution in [0.5, 0.6) is 0 Å². The summed E-state index contributed by atoms with van der Waals surface area (Å²) in [6.07, 6.45) is 2.82. The molecule has 1 spiro atoms. The van der Waals surface area contributed by atoms with Crippen LogP contribution in [0, 0.1) is 17.8 Å². The van der Waals surface area contributed by atoms with Gasteiger partial charge in [0.05, 0.1) is 32.5 Å². The molecule has 2 amide bonds. The van der Waals surface area contributed by atoms with Gasteiger partial charge in [0.15, 0.2) is 5.79 Å². The normalized spacial score (nSPS) is 32.9. The number of ether oxygens (including phenoxy) is 3. The molecule has 0 aliphatic carbocycles. The number of piperazine rings is 1. The fourth-order valence-corrected chi connectivity index (χ4v) is 6.37. The molecule has 4 saturated heterocycles. The van der Waals surface area contributed by atoms with Crippen LogP contribution in [0.2, 0.25) is 0 Å². The molecule has 37 heavy (non-hydrogen) atoms. The van der Waals surface area contributed by atoms with Gasteiger partial charge in [-0.3, -0.25) is 14.5 Å². The molecule has 0 bridgehead atoms. The van der Waals surface area contributed by atoms with E-state index in [2.05, 4.69) is 44.8 Å². The number of amides is 2. The van der Waals surface area contributed by atoms with Crippen molar-refractivity contribution < 1.29 is 23.8 Å². The van der Waals surface area contributed by atoms with Crippen LogP contribution in [-0.4, -0.2) is 116 Å². The Bertz CT molecular complexity index is 764. The lowest BCUT2D eigenvalue weighted by atomic mass is 9.92. The summed E-state index contributed by atoms with van der Waals surface area (Å²) in [6, 6.07) is -0.615. The highest BCUT2D eigenvalue weighted by molar-refractivity contribution is 5.90. The zero-order chi connectivity index (χ0) is 26.6. The Morgan fingerprint density at radius 2 is 1.76 bits per heavy atom. The molecule has 0 radical (unpaired) electrons. The van der Waals surface area contributed by atoms with Crippen LogP contribution in [0.3, 0.4) is 0 Å². The highest BCUT2D eigenvalue weighted by Crippen LogP contribution is 2.36. The predicted molar refractivity (Wildman–Crippen MR) is 142 cm³/mol. The Kier molecular flexibility index (Phi) is 9.89. The third-order valence-electron chi connectivity index (χ3n) is 8.33. The van der Waals surface area contributed by atoms with Gasteiger partial charge in [-0.2, -0.15) is 0 Å². The largest absolute Gasteiger partial charge is 0.379 e. The van der Waals surface area contributed by atoms with Crippen molar-refractivity contribution in [1.82, 2.24) is 20.0 Å². The van der Waals surface area contributed by atoms with Crippen LogP contribution in [-0.2, 0) is 23.8 Å². The van der Waals surface area contributed by atoms with E-state index < -0.39 is 11.8 Å². The SMILES string of the molecule is CC(C)C[C@@H]1NCCN([C@@H](CC(C)C)C(=O)N2CCC3(C[C@@H]2C)OCC(CN2CCOCC2)CO3)C1=O. The van der Waals surface area contributed by atoms with E-state index in [1.807, 2.05) is 9.80 Å². The summed E-state index contributed by atoms with van der Waals surface area (Å²) in [4.78, 5) is 33.7. The minimum Gasteiger partial charge on any atom is -0.379 e. The monoisotopic (exact) mass is 522 g/mol. The number of hydrogen-bond donors (Lipinski definition) is 1. The molecule has 0 unspecified atom stereocenters. The summed E-state index contributed by atoms with van der Waals surface area (Å²) >= 11 is 0. The third-order valence-corrected chi connectivity index (χ3v) is 8.33. The average molecular weight is 523 g/mol. The van der Waals surface area contributed by atoms with E-state index in [-0.39, 0.29) is 23.9 Å². The van der Waals surface area contributed by atoms with E-state index in [1.165, 1.54) is 0 Å². The maximum atomic E-state index is 14.0. The first kappa shape index (κ1) is 28.7. The standard InChI is InChI=1S/C28H50N4O5/c1-20(2)14-24-26(33)32(9-7-29-24)25(15-21(3)4)27(34)31-8-6-28(16-22(31)5)36-18-23(19-37-28)17-30-10-12-35-13-11-30/h20-25,29H,6-19H2,1-5H3/t22-,23?,24-,25-,28?/m0/s1. The van der Waals surface area contributed by atoms with Crippen molar-refractivity contribution in [2.75, 3.05) is 65.7 Å². The Balaban J connectivity index is 1.35. The lowest BCUT2D eigenvalue weighted by Crippen LogP contribution is -2.64. The fourth-order valence-electron chi connectivity index (χ4n) is 6.37. The van der Waals surface area contributed by atoms with Gasteiger partial charge >= 0.3 is 0 Å². The van der Waals surface area contributed by atoms with Gasteiger partial charge in [-0.05, 0) is 31.6 Å². The van der Waals surface area contributed by atoms with E-state index in [0.29, 0.717) is 63.3 Å². The van der Waals surface area contributed by atoms with Crippen LogP contribution in [0.25, 0.3) is 0 Å². The summed E-state index contributed by atoms with van der Waals surface area (Å²) in [5.41, 5.74) is 0. The molecule has 9 nitrogen and oxygen atoms in total. The maximum absolute atomic E-state index is 14.0. The summed E-state index contributed by atoms with van der Waals surface area (Å²) in [7, 11) is 0. The molecule has 4 aliphatic rings. The second-order valence-electron chi connectivity index (χ2n) is 12.5. The third kappa shape index (κ3) is 7.24. The van der Waals surface area contributed by atoms with Gasteiger partial charge < -0.3 is 29.3 Å². The highest BCUT2D eigenvalue weighted by Gasteiger charge is 2.47. The van der Waals surface area contributed by atoms with Crippen molar-refractivity contribution in [3.05, 3.63) is 0 Å². The number of nitrogens with one attached hydrogen (secondary N) is 1. The van der Waals surface area contributed by atoms with Crippen molar-refractivity contribution >= 4 is 11.8 Å². The summed E-state index contributed by atoms with van der Waals surface area (Å²) in [5, 5.41) is 3.38. The van der Waals surface area contributed by atoms with Gasteiger partial charge in [-0.1, -0.05) is 27.7 Å². The predicted octanol–water partition coefficient (Wildman–Crippen LogP) is 1.95. The number of morpholine rings is 1. The first-order valence-electron chi connectivity index (χ1n) is 14.6. The zero-order valence-corrected chi connectivity index (χ0v) is 23.7. The van der Waals surface area contributed by atoms with Gasteiger partial charge in [0.1, 0.15) is 6.04 Å². The van der Waals surface area contributed by atoms with Crippen LogP contribution in [0.1, 0.15) is 60.3 Å². The molecule has 3 atom stereocenters. The number of piperidine rings is 1. The molecule has 4 heterocycles. The molecule has 9 heteroatoms. The molecule has 0 saturated carbocycles. The smallest absolute Gasteiger partial charge is 0.245 e. The highest BCUT2D eigenvalue weighted by atomic mass is 16.7. The van der Waals surface area contributed by atoms with Gasteiger partial charge in [0, 0.05) is 64.1 Å².